The molecule has 0 unspecified atom stereocenters. The normalized spacial score (nSPS) is 10.5. The van der Waals surface area contributed by atoms with E-state index in [0.29, 0.717) is 24.2 Å². The quantitative estimate of drug-likeness (QED) is 0.620. The fraction of sp³-hybridized carbons (Fsp3) is 0.231. The number of amides is 2. The first-order valence-corrected chi connectivity index (χ1v) is 10.3. The minimum atomic E-state index is -0.253. The Morgan fingerprint density at radius 1 is 0.800 bits per heavy atom. The molecule has 3 aromatic carbocycles. The van der Waals surface area contributed by atoms with Gasteiger partial charge in [0.2, 0.25) is 0 Å². The van der Waals surface area contributed by atoms with Gasteiger partial charge in [-0.05, 0) is 54.7 Å². The largest absolute Gasteiger partial charge is 0.355 e. The first-order valence-electron chi connectivity index (χ1n) is 10.3. The maximum atomic E-state index is 13.4. The zero-order chi connectivity index (χ0) is 21.7. The maximum absolute atomic E-state index is 13.4. The number of hydrogen-bond donors (Lipinski definition) is 1. The highest BCUT2D eigenvalue weighted by molar-refractivity contribution is 6.09. The summed E-state index contributed by atoms with van der Waals surface area (Å²) in [4.78, 5) is 27.6. The lowest BCUT2D eigenvalue weighted by molar-refractivity contribution is 0.0765. The lowest BCUT2D eigenvalue weighted by Gasteiger charge is -2.23. The smallest absolute Gasteiger partial charge is 0.254 e. The van der Waals surface area contributed by atoms with Gasteiger partial charge in [0, 0.05) is 20.1 Å². The van der Waals surface area contributed by atoms with Gasteiger partial charge >= 0.3 is 0 Å². The number of hydrogen-bond acceptors (Lipinski definition) is 2. The van der Waals surface area contributed by atoms with Gasteiger partial charge in [-0.3, -0.25) is 9.59 Å². The summed E-state index contributed by atoms with van der Waals surface area (Å²) in [5, 5.41) is 2.67. The lowest BCUT2D eigenvalue weighted by Crippen LogP contribution is -2.33. The highest BCUT2D eigenvalue weighted by atomic mass is 16.2. The number of rotatable bonds is 6. The summed E-state index contributed by atoms with van der Waals surface area (Å²) in [6.45, 7) is 7.01. The molecule has 154 valence electrons. The molecule has 0 saturated carbocycles. The second kappa shape index (κ2) is 9.40. The monoisotopic (exact) mass is 400 g/mol. The van der Waals surface area contributed by atoms with Crippen LogP contribution in [0.25, 0.3) is 22.3 Å². The summed E-state index contributed by atoms with van der Waals surface area (Å²) in [5.74, 6) is -0.369. The predicted molar refractivity (Wildman–Crippen MR) is 123 cm³/mol. The average molecular weight is 401 g/mol. The van der Waals surface area contributed by atoms with E-state index in [1.165, 1.54) is 0 Å². The molecule has 0 aliphatic heterocycles. The second-order valence-electron chi connectivity index (χ2n) is 7.13. The van der Waals surface area contributed by atoms with Gasteiger partial charge in [0.1, 0.15) is 0 Å². The molecule has 0 atom stereocenters. The van der Waals surface area contributed by atoms with Crippen molar-refractivity contribution in [1.82, 2.24) is 10.2 Å². The molecule has 3 rings (SSSR count). The summed E-state index contributed by atoms with van der Waals surface area (Å²) in [6, 6.07) is 22.1. The van der Waals surface area contributed by atoms with E-state index in [1.807, 2.05) is 57.2 Å². The molecule has 1 N–H and O–H groups in total. The zero-order valence-corrected chi connectivity index (χ0v) is 18.0. The van der Waals surface area contributed by atoms with Crippen molar-refractivity contribution in [3.63, 3.8) is 0 Å². The molecule has 4 nitrogen and oxygen atoms in total. The van der Waals surface area contributed by atoms with Gasteiger partial charge < -0.3 is 10.2 Å². The van der Waals surface area contributed by atoms with E-state index in [1.54, 1.807) is 18.0 Å². The minimum Gasteiger partial charge on any atom is -0.355 e. The number of carbonyl (C=O) groups is 2. The van der Waals surface area contributed by atoms with Gasteiger partial charge in [-0.15, -0.1) is 0 Å². The van der Waals surface area contributed by atoms with Gasteiger partial charge in [-0.1, -0.05) is 60.7 Å². The van der Waals surface area contributed by atoms with Crippen molar-refractivity contribution in [2.24, 2.45) is 0 Å². The van der Waals surface area contributed by atoms with Crippen LogP contribution in [-0.2, 0) is 0 Å². The van der Waals surface area contributed by atoms with Crippen LogP contribution in [0.2, 0.25) is 0 Å². The van der Waals surface area contributed by atoms with Crippen LogP contribution in [0.15, 0.2) is 66.7 Å². The van der Waals surface area contributed by atoms with Crippen molar-refractivity contribution in [2.45, 2.75) is 20.8 Å². The fourth-order valence-corrected chi connectivity index (χ4v) is 3.86. The van der Waals surface area contributed by atoms with Crippen molar-refractivity contribution in [1.29, 1.82) is 0 Å². The molecular weight excluding hydrogens is 372 g/mol. The van der Waals surface area contributed by atoms with Crippen molar-refractivity contribution in [2.75, 3.05) is 20.1 Å². The van der Waals surface area contributed by atoms with Crippen LogP contribution >= 0.6 is 0 Å². The van der Waals surface area contributed by atoms with E-state index >= 15 is 0 Å². The highest BCUT2D eigenvalue weighted by Crippen LogP contribution is 2.36. The fourth-order valence-electron chi connectivity index (χ4n) is 3.86. The van der Waals surface area contributed by atoms with Crippen LogP contribution in [0.5, 0.6) is 0 Å². The van der Waals surface area contributed by atoms with E-state index in [0.717, 1.165) is 27.8 Å². The lowest BCUT2D eigenvalue weighted by atomic mass is 9.88. The summed E-state index contributed by atoms with van der Waals surface area (Å²) >= 11 is 0. The number of carbonyl (C=O) groups excluding carboxylic acids is 2. The van der Waals surface area contributed by atoms with Gasteiger partial charge in [0.15, 0.2) is 0 Å². The summed E-state index contributed by atoms with van der Waals surface area (Å²) in [5.41, 5.74) is 5.90. The number of benzene rings is 3. The molecule has 0 aliphatic carbocycles. The molecule has 0 aromatic heterocycles. The van der Waals surface area contributed by atoms with Crippen molar-refractivity contribution in [3.05, 3.63) is 83.4 Å². The number of nitrogens with zero attached hydrogens (tertiary/aromatic N) is 1. The molecule has 0 bridgehead atoms. The zero-order valence-electron chi connectivity index (χ0n) is 18.0. The Morgan fingerprint density at radius 3 is 2.00 bits per heavy atom. The van der Waals surface area contributed by atoms with Gasteiger partial charge in [-0.25, -0.2) is 0 Å². The third-order valence-corrected chi connectivity index (χ3v) is 5.50. The topological polar surface area (TPSA) is 49.4 Å². The Hall–Kier alpha value is -3.40. The van der Waals surface area contributed by atoms with Gasteiger partial charge in [0.25, 0.3) is 11.8 Å². The van der Waals surface area contributed by atoms with Crippen molar-refractivity contribution >= 4 is 11.8 Å². The van der Waals surface area contributed by atoms with E-state index in [9.17, 15) is 9.59 Å². The first kappa shape index (κ1) is 21.3. The standard InChI is InChI=1S/C26H28N2O2/c1-5-28(6-2)26(30)24-18(3)20(16-17-23(24)25(29)27-4)22-15-11-10-14-21(22)19-12-8-7-9-13-19/h7-17H,5-6H2,1-4H3,(H,27,29). The molecule has 0 saturated heterocycles. The third kappa shape index (κ3) is 3.99. The maximum Gasteiger partial charge on any atom is 0.254 e. The highest BCUT2D eigenvalue weighted by Gasteiger charge is 2.25. The van der Waals surface area contributed by atoms with Crippen LogP contribution in [-0.4, -0.2) is 36.9 Å². The molecule has 0 fully saturated rings. The van der Waals surface area contributed by atoms with Crippen LogP contribution < -0.4 is 5.32 Å². The van der Waals surface area contributed by atoms with Crippen LogP contribution in [0.3, 0.4) is 0 Å². The molecule has 0 heterocycles. The Morgan fingerprint density at radius 2 is 1.40 bits per heavy atom. The molecule has 0 spiro atoms. The molecule has 2 amide bonds. The Balaban J connectivity index is 2.26. The SMILES string of the molecule is CCN(CC)C(=O)c1c(C(=O)NC)ccc(-c2ccccc2-c2ccccc2)c1C. The van der Waals surface area contributed by atoms with E-state index in [-0.39, 0.29) is 11.8 Å². The van der Waals surface area contributed by atoms with Gasteiger partial charge in [-0.2, -0.15) is 0 Å². The first-order chi connectivity index (χ1) is 14.5. The molecular formula is C26H28N2O2. The summed E-state index contributed by atoms with van der Waals surface area (Å²) in [7, 11) is 1.59. The Bertz CT molecular complexity index is 1050. The van der Waals surface area contributed by atoms with Crippen LogP contribution in [0.1, 0.15) is 40.1 Å². The minimum absolute atomic E-state index is 0.116. The van der Waals surface area contributed by atoms with E-state index < -0.39 is 0 Å². The predicted octanol–water partition coefficient (Wildman–Crippen LogP) is 5.17. The van der Waals surface area contributed by atoms with Crippen LogP contribution in [0.4, 0.5) is 0 Å². The molecule has 0 radical (unpaired) electrons. The third-order valence-electron chi connectivity index (χ3n) is 5.50. The van der Waals surface area contributed by atoms with Crippen molar-refractivity contribution < 1.29 is 9.59 Å². The summed E-state index contributed by atoms with van der Waals surface area (Å²) in [6.07, 6.45) is 0. The van der Waals surface area contributed by atoms with E-state index in [2.05, 4.69) is 29.6 Å². The molecule has 3 aromatic rings. The van der Waals surface area contributed by atoms with Crippen LogP contribution in [0, 0.1) is 6.92 Å². The second-order valence-corrected chi connectivity index (χ2v) is 7.13. The molecule has 0 aliphatic rings. The molecule has 30 heavy (non-hydrogen) atoms. The Labute approximate surface area is 178 Å². The van der Waals surface area contributed by atoms with Gasteiger partial charge in [0.05, 0.1) is 11.1 Å². The summed E-state index contributed by atoms with van der Waals surface area (Å²) < 4.78 is 0. The van der Waals surface area contributed by atoms with Crippen molar-refractivity contribution in [3.8, 4) is 22.3 Å². The molecule has 4 heteroatoms. The number of nitrogens with one attached hydrogen (secondary N) is 1. The van der Waals surface area contributed by atoms with E-state index in [4.69, 9.17) is 0 Å². The Kier molecular flexibility index (Phi) is 6.68. The average Bonchev–Trinajstić information content (AvgIpc) is 2.79.